The number of aromatic nitrogens is 1. The first kappa shape index (κ1) is 14.3. The number of carboxylic acids is 1. The third-order valence-electron chi connectivity index (χ3n) is 2.68. The van der Waals surface area contributed by atoms with Gasteiger partial charge in [-0.2, -0.15) is 0 Å². The highest BCUT2D eigenvalue weighted by Crippen LogP contribution is 2.23. The Hall–Kier alpha value is -3.09. The Balaban J connectivity index is 2.24. The van der Waals surface area contributed by atoms with Crippen LogP contribution in [-0.2, 0) is 0 Å². The van der Waals surface area contributed by atoms with Crippen LogP contribution in [0.1, 0.15) is 20.7 Å². The van der Waals surface area contributed by atoms with Crippen molar-refractivity contribution in [3.63, 3.8) is 0 Å². The third kappa shape index (κ3) is 3.27. The van der Waals surface area contributed by atoms with E-state index in [9.17, 15) is 14.7 Å². The van der Waals surface area contributed by atoms with Crippen LogP contribution in [0, 0.1) is 0 Å². The molecule has 1 aromatic carbocycles. The molecule has 0 aliphatic heterocycles. The number of amides is 1. The van der Waals surface area contributed by atoms with Gasteiger partial charge < -0.3 is 20.3 Å². The zero-order valence-electron chi connectivity index (χ0n) is 11.0. The summed E-state index contributed by atoms with van der Waals surface area (Å²) in [5.41, 5.74) is 0.538. The molecule has 21 heavy (non-hydrogen) atoms. The lowest BCUT2D eigenvalue weighted by molar-refractivity contribution is 0.0693. The summed E-state index contributed by atoms with van der Waals surface area (Å²) >= 11 is 0. The number of carbonyl (C=O) groups is 2. The van der Waals surface area contributed by atoms with Crippen LogP contribution in [0.15, 0.2) is 36.7 Å². The highest BCUT2D eigenvalue weighted by molar-refractivity contribution is 6.04. The minimum absolute atomic E-state index is 0.00507. The molecule has 3 N–H and O–H groups in total. The van der Waals surface area contributed by atoms with Gasteiger partial charge in [-0.05, 0) is 18.2 Å². The standard InChI is InChI=1S/C14H12N2O5/c1-21-12-5-9(2-3-11(12)14(19)20)16-13(18)8-4-10(17)7-15-6-8/h2-7,17H,1H3,(H,16,18)(H,19,20). The van der Waals surface area contributed by atoms with Crippen LogP contribution >= 0.6 is 0 Å². The molecular formula is C14H12N2O5. The van der Waals surface area contributed by atoms with Crippen LogP contribution in [0.2, 0.25) is 0 Å². The quantitative estimate of drug-likeness (QED) is 0.790. The number of nitrogens with one attached hydrogen (secondary N) is 1. The van der Waals surface area contributed by atoms with E-state index in [0.717, 1.165) is 0 Å². The summed E-state index contributed by atoms with van der Waals surface area (Å²) in [4.78, 5) is 26.6. The van der Waals surface area contributed by atoms with Crippen molar-refractivity contribution in [2.45, 2.75) is 0 Å². The molecule has 2 aromatic rings. The summed E-state index contributed by atoms with van der Waals surface area (Å²) in [6.07, 6.45) is 2.51. The van der Waals surface area contributed by atoms with Gasteiger partial charge in [0.05, 0.1) is 18.9 Å². The van der Waals surface area contributed by atoms with Gasteiger partial charge in [0.25, 0.3) is 5.91 Å². The fourth-order valence-corrected chi connectivity index (χ4v) is 1.70. The van der Waals surface area contributed by atoms with Crippen LogP contribution < -0.4 is 10.1 Å². The molecule has 0 saturated carbocycles. The van der Waals surface area contributed by atoms with Crippen LogP contribution in [0.25, 0.3) is 0 Å². The molecule has 0 aliphatic carbocycles. The second-order valence-electron chi connectivity index (χ2n) is 4.11. The molecule has 1 amide bonds. The van der Waals surface area contributed by atoms with E-state index < -0.39 is 11.9 Å². The van der Waals surface area contributed by atoms with Crippen molar-refractivity contribution in [3.8, 4) is 11.5 Å². The van der Waals surface area contributed by atoms with Crippen LogP contribution in [-0.4, -0.2) is 34.2 Å². The summed E-state index contributed by atoms with van der Waals surface area (Å²) in [5, 5.41) is 20.8. The molecule has 0 bridgehead atoms. The minimum Gasteiger partial charge on any atom is -0.506 e. The van der Waals surface area contributed by atoms with E-state index in [1.807, 2.05) is 0 Å². The first-order chi connectivity index (χ1) is 10.0. The molecule has 7 nitrogen and oxygen atoms in total. The maximum absolute atomic E-state index is 12.0. The highest BCUT2D eigenvalue weighted by atomic mass is 16.5. The van der Waals surface area contributed by atoms with Crippen LogP contribution in [0.4, 0.5) is 5.69 Å². The van der Waals surface area contributed by atoms with Crippen LogP contribution in [0.5, 0.6) is 11.5 Å². The van der Waals surface area contributed by atoms with E-state index in [1.54, 1.807) is 0 Å². The number of methoxy groups -OCH3 is 1. The molecule has 0 saturated heterocycles. The number of rotatable bonds is 4. The fourth-order valence-electron chi connectivity index (χ4n) is 1.70. The normalized spacial score (nSPS) is 9.95. The second kappa shape index (κ2) is 5.91. The minimum atomic E-state index is -1.12. The third-order valence-corrected chi connectivity index (χ3v) is 2.68. The Bertz CT molecular complexity index is 700. The summed E-state index contributed by atoms with van der Waals surface area (Å²) in [5.74, 6) is -1.60. The predicted octanol–water partition coefficient (Wildman–Crippen LogP) is 1.75. The molecule has 0 aliphatic rings. The zero-order chi connectivity index (χ0) is 15.4. The SMILES string of the molecule is COc1cc(NC(=O)c2cncc(O)c2)ccc1C(=O)O. The van der Waals surface area contributed by atoms with E-state index in [-0.39, 0.29) is 22.6 Å². The topological polar surface area (TPSA) is 109 Å². The number of benzene rings is 1. The molecule has 0 spiro atoms. The van der Waals surface area contributed by atoms with Gasteiger partial charge in [0, 0.05) is 18.0 Å². The molecule has 7 heteroatoms. The van der Waals surface area contributed by atoms with Gasteiger partial charge in [0.1, 0.15) is 17.1 Å². The van der Waals surface area contributed by atoms with Gasteiger partial charge in [-0.25, -0.2) is 4.79 Å². The average Bonchev–Trinajstić information content (AvgIpc) is 2.46. The maximum Gasteiger partial charge on any atom is 0.339 e. The summed E-state index contributed by atoms with van der Waals surface area (Å²) in [7, 11) is 1.34. The van der Waals surface area contributed by atoms with Crippen molar-refractivity contribution in [2.75, 3.05) is 12.4 Å². The summed E-state index contributed by atoms with van der Waals surface area (Å²) in [6, 6.07) is 5.44. The van der Waals surface area contributed by atoms with Gasteiger partial charge in [0.2, 0.25) is 0 Å². The Morgan fingerprint density at radius 1 is 1.24 bits per heavy atom. The maximum atomic E-state index is 12.0. The molecule has 0 fully saturated rings. The van der Waals surface area contributed by atoms with Crippen molar-refractivity contribution in [1.29, 1.82) is 0 Å². The number of anilines is 1. The number of ether oxygens (including phenoxy) is 1. The van der Waals surface area contributed by atoms with Gasteiger partial charge in [-0.15, -0.1) is 0 Å². The van der Waals surface area contributed by atoms with Gasteiger partial charge in [-0.1, -0.05) is 0 Å². The van der Waals surface area contributed by atoms with Gasteiger partial charge in [-0.3, -0.25) is 9.78 Å². The van der Waals surface area contributed by atoms with E-state index in [2.05, 4.69) is 10.3 Å². The van der Waals surface area contributed by atoms with E-state index in [1.165, 1.54) is 43.8 Å². The molecule has 108 valence electrons. The molecule has 1 heterocycles. The second-order valence-corrected chi connectivity index (χ2v) is 4.11. The van der Waals surface area contributed by atoms with Gasteiger partial charge >= 0.3 is 5.97 Å². The number of nitrogens with zero attached hydrogens (tertiary/aromatic N) is 1. The van der Waals surface area contributed by atoms with Crippen LogP contribution in [0.3, 0.4) is 0 Å². The fraction of sp³-hybridized carbons (Fsp3) is 0.0714. The molecule has 0 unspecified atom stereocenters. The monoisotopic (exact) mass is 288 g/mol. The number of aromatic carboxylic acids is 1. The van der Waals surface area contributed by atoms with Crippen molar-refractivity contribution in [3.05, 3.63) is 47.8 Å². The number of pyridine rings is 1. The van der Waals surface area contributed by atoms with E-state index in [4.69, 9.17) is 9.84 Å². The number of aromatic hydroxyl groups is 1. The molecule has 0 radical (unpaired) electrons. The molecular weight excluding hydrogens is 276 g/mol. The Morgan fingerprint density at radius 3 is 2.62 bits per heavy atom. The number of hydrogen-bond donors (Lipinski definition) is 3. The van der Waals surface area contributed by atoms with E-state index >= 15 is 0 Å². The predicted molar refractivity (Wildman–Crippen MR) is 73.8 cm³/mol. The summed E-state index contributed by atoms with van der Waals surface area (Å²) in [6.45, 7) is 0. The number of carbonyl (C=O) groups excluding carboxylic acids is 1. The average molecular weight is 288 g/mol. The number of hydrogen-bond acceptors (Lipinski definition) is 5. The lowest BCUT2D eigenvalue weighted by atomic mass is 10.1. The lowest BCUT2D eigenvalue weighted by Crippen LogP contribution is -2.12. The summed E-state index contributed by atoms with van der Waals surface area (Å²) < 4.78 is 4.97. The van der Waals surface area contributed by atoms with Crippen molar-refractivity contribution >= 4 is 17.6 Å². The number of carboxylic acid groups (broad SMARTS) is 1. The first-order valence-corrected chi connectivity index (χ1v) is 5.88. The Labute approximate surface area is 119 Å². The van der Waals surface area contributed by atoms with Crippen molar-refractivity contribution in [1.82, 2.24) is 4.98 Å². The Morgan fingerprint density at radius 2 is 2.00 bits per heavy atom. The molecule has 1 aromatic heterocycles. The largest absolute Gasteiger partial charge is 0.506 e. The Kier molecular flexibility index (Phi) is 4.03. The molecule has 2 rings (SSSR count). The van der Waals surface area contributed by atoms with Gasteiger partial charge in [0.15, 0.2) is 0 Å². The molecule has 0 atom stereocenters. The lowest BCUT2D eigenvalue weighted by Gasteiger charge is -2.09. The van der Waals surface area contributed by atoms with E-state index in [0.29, 0.717) is 5.69 Å². The van der Waals surface area contributed by atoms with Crippen molar-refractivity contribution in [2.24, 2.45) is 0 Å². The zero-order valence-corrected chi connectivity index (χ0v) is 11.0. The van der Waals surface area contributed by atoms with Crippen molar-refractivity contribution < 1.29 is 24.5 Å². The first-order valence-electron chi connectivity index (χ1n) is 5.88. The highest BCUT2D eigenvalue weighted by Gasteiger charge is 2.13. The smallest absolute Gasteiger partial charge is 0.339 e.